The summed E-state index contributed by atoms with van der Waals surface area (Å²) in [6.45, 7) is 2.80. The molecule has 2 heterocycles. The molecule has 2 amide bonds. The third-order valence-corrected chi connectivity index (χ3v) is 4.60. The summed E-state index contributed by atoms with van der Waals surface area (Å²) in [5.41, 5.74) is -0.683. The first-order valence-electron chi connectivity index (χ1n) is 8.78. The number of hydrogen-bond acceptors (Lipinski definition) is 5. The largest absolute Gasteiger partial charge is 0.379 e. The van der Waals surface area contributed by atoms with Crippen molar-refractivity contribution in [2.24, 2.45) is 0 Å². The maximum absolute atomic E-state index is 13.8. The van der Waals surface area contributed by atoms with Gasteiger partial charge >= 0.3 is 0 Å². The fraction of sp³-hybridized carbons (Fsp3) is 0.368. The Bertz CT molecular complexity index is 814. The lowest BCUT2D eigenvalue weighted by atomic mass is 10.1. The van der Waals surface area contributed by atoms with E-state index in [2.05, 4.69) is 15.3 Å². The van der Waals surface area contributed by atoms with Gasteiger partial charge in [0.05, 0.1) is 12.6 Å². The Morgan fingerprint density at radius 1 is 1.29 bits per heavy atom. The molecule has 1 aliphatic heterocycles. The topological polar surface area (TPSA) is 84.4 Å². The van der Waals surface area contributed by atoms with Gasteiger partial charge in [0.15, 0.2) is 0 Å². The number of benzene rings is 1. The summed E-state index contributed by atoms with van der Waals surface area (Å²) in [5, 5.41) is 2.85. The minimum absolute atomic E-state index is 0.188. The molecule has 1 saturated heterocycles. The second-order valence-corrected chi connectivity index (χ2v) is 6.87. The van der Waals surface area contributed by atoms with Gasteiger partial charge in [-0.25, -0.2) is 14.4 Å². The minimum Gasteiger partial charge on any atom is -0.379 e. The zero-order valence-corrected chi connectivity index (χ0v) is 16.0. The van der Waals surface area contributed by atoms with Crippen LogP contribution in [0, 0.1) is 6.92 Å². The molecule has 28 heavy (non-hydrogen) atoms. The fourth-order valence-corrected chi connectivity index (χ4v) is 3.12. The molecule has 3 atom stereocenters. The van der Waals surface area contributed by atoms with Gasteiger partial charge in [-0.05, 0) is 25.5 Å². The molecule has 0 bridgehead atoms. The first-order chi connectivity index (χ1) is 13.5. The van der Waals surface area contributed by atoms with Gasteiger partial charge in [-0.2, -0.15) is 0 Å². The molecule has 0 spiro atoms. The van der Waals surface area contributed by atoms with E-state index in [1.54, 1.807) is 24.3 Å². The van der Waals surface area contributed by atoms with Crippen LogP contribution < -0.4 is 10.2 Å². The van der Waals surface area contributed by atoms with Gasteiger partial charge < -0.3 is 10.1 Å². The number of rotatable bonds is 6. The average Bonchev–Trinajstić information content (AvgIpc) is 3.20. The Kier molecular flexibility index (Phi) is 6.53. The minimum atomic E-state index is -2.31. The molecule has 2 aromatic rings. The third kappa shape index (κ3) is 4.63. The van der Waals surface area contributed by atoms with Gasteiger partial charge in [0.2, 0.25) is 5.91 Å². The highest BCUT2D eigenvalue weighted by Crippen LogP contribution is 2.29. The summed E-state index contributed by atoms with van der Waals surface area (Å²) < 4.78 is 19.1. The van der Waals surface area contributed by atoms with Crippen molar-refractivity contribution in [2.45, 2.75) is 31.1 Å². The van der Waals surface area contributed by atoms with E-state index >= 15 is 0 Å². The summed E-state index contributed by atoms with van der Waals surface area (Å²) in [6.07, 6.45) is 4.79. The molecule has 3 rings (SSSR count). The Labute approximate surface area is 166 Å². The number of nitrogens with zero attached hydrogens (tertiary/aromatic N) is 3. The average molecular weight is 407 g/mol. The van der Waals surface area contributed by atoms with Gasteiger partial charge in [-0.15, -0.1) is 0 Å². The number of anilines is 1. The second-order valence-electron chi connectivity index (χ2n) is 6.49. The predicted molar refractivity (Wildman–Crippen MR) is 102 cm³/mol. The number of alkyl halides is 2. The Balaban J connectivity index is 2.03. The number of carbonyl (C=O) groups excluding carboxylic acids is 2. The van der Waals surface area contributed by atoms with Gasteiger partial charge in [-0.3, -0.25) is 14.5 Å². The molecule has 7 nitrogen and oxygen atoms in total. The van der Waals surface area contributed by atoms with Crippen LogP contribution in [0.4, 0.5) is 10.1 Å². The van der Waals surface area contributed by atoms with Gasteiger partial charge in [0.25, 0.3) is 11.5 Å². The van der Waals surface area contributed by atoms with E-state index in [9.17, 15) is 14.0 Å². The van der Waals surface area contributed by atoms with Crippen LogP contribution in [0.5, 0.6) is 0 Å². The number of amides is 2. The zero-order valence-electron chi connectivity index (χ0n) is 15.2. The van der Waals surface area contributed by atoms with Crippen molar-refractivity contribution in [3.63, 3.8) is 0 Å². The summed E-state index contributed by atoms with van der Waals surface area (Å²) >= 11 is 5.47. The number of halogens is 2. The van der Waals surface area contributed by atoms with Crippen molar-refractivity contribution in [3.05, 3.63) is 54.1 Å². The SMILES string of the molecule is Cc1ccc(N(C(=O)[C@H](F)Cl)[C@H](C(=O)NC2CCOC2)c2cncnc2)cc1. The van der Waals surface area contributed by atoms with Crippen LogP contribution in [0.1, 0.15) is 23.6 Å². The van der Waals surface area contributed by atoms with Crippen LogP contribution >= 0.6 is 11.6 Å². The summed E-state index contributed by atoms with van der Waals surface area (Å²) in [5.74, 6) is -1.53. The Hall–Kier alpha value is -2.58. The van der Waals surface area contributed by atoms with Crippen LogP contribution in [0.25, 0.3) is 0 Å². The fourth-order valence-electron chi connectivity index (χ4n) is 3.01. The molecule has 0 saturated carbocycles. The van der Waals surface area contributed by atoms with Gasteiger partial charge in [-0.1, -0.05) is 29.3 Å². The van der Waals surface area contributed by atoms with Crippen molar-refractivity contribution >= 4 is 29.1 Å². The van der Waals surface area contributed by atoms with Crippen molar-refractivity contribution in [1.29, 1.82) is 0 Å². The van der Waals surface area contributed by atoms with E-state index in [0.29, 0.717) is 30.9 Å². The summed E-state index contributed by atoms with van der Waals surface area (Å²) in [7, 11) is 0. The molecule has 0 radical (unpaired) electrons. The van der Waals surface area contributed by atoms with Gasteiger partial charge in [0, 0.05) is 30.3 Å². The van der Waals surface area contributed by atoms with E-state index in [4.69, 9.17) is 16.3 Å². The number of carbonyl (C=O) groups is 2. The molecule has 0 aliphatic carbocycles. The number of nitrogens with one attached hydrogen (secondary N) is 1. The normalized spacial score (nSPS) is 18.3. The smallest absolute Gasteiger partial charge is 0.278 e. The summed E-state index contributed by atoms with van der Waals surface area (Å²) in [6, 6.07) is 5.42. The van der Waals surface area contributed by atoms with E-state index in [-0.39, 0.29) is 6.04 Å². The quantitative estimate of drug-likeness (QED) is 0.744. The van der Waals surface area contributed by atoms with Crippen LogP contribution in [-0.4, -0.2) is 46.7 Å². The van der Waals surface area contributed by atoms with Crippen LogP contribution in [0.2, 0.25) is 0 Å². The van der Waals surface area contributed by atoms with Crippen molar-refractivity contribution in [3.8, 4) is 0 Å². The van der Waals surface area contributed by atoms with E-state index < -0.39 is 23.5 Å². The van der Waals surface area contributed by atoms with Crippen LogP contribution in [0.15, 0.2) is 43.0 Å². The standard InChI is InChI=1S/C19H20ClFN4O3/c1-12-2-4-15(5-3-12)25(19(27)17(20)21)16(13-8-22-11-23-9-13)18(26)24-14-6-7-28-10-14/h2-5,8-9,11,14,16-17H,6-7,10H2,1H3,(H,24,26)/t14?,16-,17-/m0/s1. The maximum Gasteiger partial charge on any atom is 0.278 e. The van der Waals surface area contributed by atoms with Gasteiger partial charge in [0.1, 0.15) is 12.4 Å². The molecular weight excluding hydrogens is 387 g/mol. The second kappa shape index (κ2) is 9.07. The summed E-state index contributed by atoms with van der Waals surface area (Å²) in [4.78, 5) is 34.7. The number of aromatic nitrogens is 2. The first kappa shape index (κ1) is 20.2. The Morgan fingerprint density at radius 3 is 2.54 bits per heavy atom. The lowest BCUT2D eigenvalue weighted by Gasteiger charge is -2.31. The molecule has 1 unspecified atom stereocenters. The molecule has 1 fully saturated rings. The number of ether oxygens (including phenoxy) is 1. The van der Waals surface area contributed by atoms with E-state index in [1.165, 1.54) is 18.7 Å². The van der Waals surface area contributed by atoms with Crippen molar-refractivity contribution in [1.82, 2.24) is 15.3 Å². The molecule has 9 heteroatoms. The van der Waals surface area contributed by atoms with E-state index in [1.807, 2.05) is 6.92 Å². The number of hydrogen-bond donors (Lipinski definition) is 1. The highest BCUT2D eigenvalue weighted by molar-refractivity contribution is 6.32. The maximum atomic E-state index is 13.8. The lowest BCUT2D eigenvalue weighted by molar-refractivity contribution is -0.128. The van der Waals surface area contributed by atoms with Crippen molar-refractivity contribution < 1.29 is 18.7 Å². The monoisotopic (exact) mass is 406 g/mol. The molecule has 1 aliphatic rings. The third-order valence-electron chi connectivity index (χ3n) is 4.42. The van der Waals surface area contributed by atoms with Crippen molar-refractivity contribution in [2.75, 3.05) is 18.1 Å². The van der Waals surface area contributed by atoms with E-state index in [0.717, 1.165) is 10.5 Å². The lowest BCUT2D eigenvalue weighted by Crippen LogP contribution is -2.48. The van der Waals surface area contributed by atoms with Crippen LogP contribution in [0.3, 0.4) is 0 Å². The molecular formula is C19H20ClFN4O3. The number of aryl methyl sites for hydroxylation is 1. The highest BCUT2D eigenvalue weighted by atomic mass is 35.5. The molecule has 1 aromatic heterocycles. The highest BCUT2D eigenvalue weighted by Gasteiger charge is 2.37. The molecule has 1 aromatic carbocycles. The Morgan fingerprint density at radius 2 is 1.96 bits per heavy atom. The molecule has 148 valence electrons. The zero-order chi connectivity index (χ0) is 20.1. The predicted octanol–water partition coefficient (Wildman–Crippen LogP) is 2.30. The first-order valence-corrected chi connectivity index (χ1v) is 9.22. The molecule has 1 N–H and O–H groups in total. The van der Waals surface area contributed by atoms with Crippen LogP contribution in [-0.2, 0) is 14.3 Å².